The van der Waals surface area contributed by atoms with Crippen LogP contribution in [0.1, 0.15) is 40.3 Å². The number of carbonyl (C=O) groups is 1. The van der Waals surface area contributed by atoms with Gasteiger partial charge in [-0.05, 0) is 74.4 Å². The van der Waals surface area contributed by atoms with Gasteiger partial charge in [0.1, 0.15) is 23.9 Å². The van der Waals surface area contributed by atoms with Gasteiger partial charge in [-0.1, -0.05) is 24.3 Å². The Morgan fingerprint density at radius 1 is 1.06 bits per heavy atom. The van der Waals surface area contributed by atoms with Crippen LogP contribution in [0.2, 0.25) is 0 Å². The summed E-state index contributed by atoms with van der Waals surface area (Å²) in [5.41, 5.74) is 4.76. The van der Waals surface area contributed by atoms with Crippen molar-refractivity contribution in [3.8, 4) is 11.5 Å². The van der Waals surface area contributed by atoms with Crippen molar-refractivity contribution in [3.05, 3.63) is 89.2 Å². The maximum atomic E-state index is 12.8. The van der Waals surface area contributed by atoms with Crippen molar-refractivity contribution < 1.29 is 14.3 Å². The number of hydrogen-bond donors (Lipinski definition) is 1. The van der Waals surface area contributed by atoms with Crippen molar-refractivity contribution in [2.75, 3.05) is 13.7 Å². The molecule has 1 N–H and O–H groups in total. The molecule has 3 aromatic carbocycles. The Morgan fingerprint density at radius 3 is 2.58 bits per heavy atom. The van der Waals surface area contributed by atoms with Gasteiger partial charge >= 0.3 is 0 Å². The molecule has 0 fully saturated rings. The molecular weight excluding hydrogens is 414 g/mol. The van der Waals surface area contributed by atoms with E-state index in [-0.39, 0.29) is 11.9 Å². The number of benzene rings is 3. The van der Waals surface area contributed by atoms with Crippen molar-refractivity contribution in [3.63, 3.8) is 0 Å². The molecule has 0 bridgehead atoms. The zero-order valence-corrected chi connectivity index (χ0v) is 19.5. The first kappa shape index (κ1) is 22.4. The molecule has 0 aliphatic carbocycles. The van der Waals surface area contributed by atoms with Crippen LogP contribution in [0.4, 0.5) is 0 Å². The Balaban J connectivity index is 1.53. The minimum Gasteiger partial charge on any atom is -0.497 e. The first-order valence-corrected chi connectivity index (χ1v) is 11.1. The molecule has 0 spiro atoms. The van der Waals surface area contributed by atoms with E-state index < -0.39 is 0 Å². The molecule has 4 aromatic rings. The Bertz CT molecular complexity index is 1260. The van der Waals surface area contributed by atoms with Crippen molar-refractivity contribution in [1.29, 1.82) is 0 Å². The number of aromatic nitrogens is 2. The smallest absolute Gasteiger partial charge is 0.251 e. The molecule has 6 nitrogen and oxygen atoms in total. The molecule has 1 amide bonds. The summed E-state index contributed by atoms with van der Waals surface area (Å²) in [6.45, 7) is 7.16. The number of rotatable bonds is 8. The molecular formula is C27H29N3O3. The van der Waals surface area contributed by atoms with Crippen LogP contribution < -0.4 is 14.8 Å². The van der Waals surface area contributed by atoms with Crippen LogP contribution in [0.3, 0.4) is 0 Å². The van der Waals surface area contributed by atoms with E-state index in [1.165, 1.54) is 5.56 Å². The van der Waals surface area contributed by atoms with Gasteiger partial charge in [-0.15, -0.1) is 0 Å². The fourth-order valence-electron chi connectivity index (χ4n) is 3.86. The second-order valence-electron chi connectivity index (χ2n) is 8.15. The minimum atomic E-state index is -0.285. The molecule has 0 saturated carbocycles. The summed E-state index contributed by atoms with van der Waals surface area (Å²) in [6, 6.07) is 21.0. The van der Waals surface area contributed by atoms with Crippen LogP contribution in [0.25, 0.3) is 11.0 Å². The highest BCUT2D eigenvalue weighted by Gasteiger charge is 2.19. The number of hydrogen-bond acceptors (Lipinski definition) is 4. The molecule has 0 aliphatic heterocycles. The first-order chi connectivity index (χ1) is 16.0. The number of ether oxygens (including phenoxy) is 2. The van der Waals surface area contributed by atoms with Crippen molar-refractivity contribution in [2.45, 2.75) is 33.4 Å². The Morgan fingerprint density at radius 2 is 1.82 bits per heavy atom. The molecule has 4 rings (SSSR count). The summed E-state index contributed by atoms with van der Waals surface area (Å²) < 4.78 is 13.4. The second kappa shape index (κ2) is 9.77. The van der Waals surface area contributed by atoms with E-state index in [4.69, 9.17) is 14.5 Å². The Hall–Kier alpha value is -3.80. The first-order valence-electron chi connectivity index (χ1n) is 11.1. The van der Waals surface area contributed by atoms with Crippen molar-refractivity contribution in [1.82, 2.24) is 14.9 Å². The Labute approximate surface area is 194 Å². The molecule has 1 aromatic heterocycles. The number of fused-ring (bicyclic) bond motifs is 1. The average Bonchev–Trinajstić information content (AvgIpc) is 3.20. The number of para-hydroxylation sites is 2. The number of amides is 1. The van der Waals surface area contributed by atoms with E-state index in [0.717, 1.165) is 28.2 Å². The summed E-state index contributed by atoms with van der Waals surface area (Å²) >= 11 is 0. The summed E-state index contributed by atoms with van der Waals surface area (Å²) in [7, 11) is 1.60. The van der Waals surface area contributed by atoms with E-state index in [9.17, 15) is 4.79 Å². The van der Waals surface area contributed by atoms with Crippen LogP contribution >= 0.6 is 0 Å². The predicted molar refractivity (Wildman–Crippen MR) is 130 cm³/mol. The fourth-order valence-corrected chi connectivity index (χ4v) is 3.86. The molecule has 0 aliphatic rings. The fraction of sp³-hybridized carbons (Fsp3) is 0.259. The topological polar surface area (TPSA) is 65.4 Å². The summed E-state index contributed by atoms with van der Waals surface area (Å²) in [5, 5.41) is 3.07. The third-order valence-electron chi connectivity index (χ3n) is 5.69. The molecule has 1 unspecified atom stereocenters. The van der Waals surface area contributed by atoms with E-state index in [0.29, 0.717) is 24.5 Å². The average molecular weight is 444 g/mol. The second-order valence-corrected chi connectivity index (χ2v) is 8.15. The zero-order valence-electron chi connectivity index (χ0n) is 19.5. The monoisotopic (exact) mass is 443 g/mol. The van der Waals surface area contributed by atoms with Gasteiger partial charge in [0.2, 0.25) is 0 Å². The summed E-state index contributed by atoms with van der Waals surface area (Å²) in [5.74, 6) is 2.24. The predicted octanol–water partition coefficient (Wildman–Crippen LogP) is 5.23. The van der Waals surface area contributed by atoms with Gasteiger partial charge in [0.25, 0.3) is 5.91 Å². The van der Waals surface area contributed by atoms with E-state index >= 15 is 0 Å². The lowest BCUT2D eigenvalue weighted by atomic mass is 10.1. The quantitative estimate of drug-likeness (QED) is 0.405. The van der Waals surface area contributed by atoms with Gasteiger partial charge in [0.15, 0.2) is 0 Å². The van der Waals surface area contributed by atoms with E-state index in [1.807, 2.05) is 38.1 Å². The molecule has 0 radical (unpaired) electrons. The molecule has 0 saturated heterocycles. The van der Waals surface area contributed by atoms with Crippen molar-refractivity contribution >= 4 is 16.9 Å². The molecule has 6 heteroatoms. The van der Waals surface area contributed by atoms with Crippen LogP contribution in [0.15, 0.2) is 66.7 Å². The van der Waals surface area contributed by atoms with Gasteiger partial charge < -0.3 is 19.4 Å². The molecule has 170 valence electrons. The molecule has 33 heavy (non-hydrogen) atoms. The summed E-state index contributed by atoms with van der Waals surface area (Å²) in [4.78, 5) is 17.6. The molecule has 1 atom stereocenters. The maximum absolute atomic E-state index is 12.8. The third kappa shape index (κ3) is 5.00. The number of aryl methyl sites for hydroxylation is 2. The third-order valence-corrected chi connectivity index (χ3v) is 5.69. The van der Waals surface area contributed by atoms with Crippen LogP contribution in [0, 0.1) is 13.8 Å². The SMILES string of the molecule is COc1ccc(C(=O)NC(C)c2nc3ccccc3n2CCOc2cc(C)ccc2C)cc1. The number of methoxy groups -OCH3 is 1. The number of nitrogens with zero attached hydrogens (tertiary/aromatic N) is 2. The normalized spacial score (nSPS) is 11.9. The van der Waals surface area contributed by atoms with E-state index in [2.05, 4.69) is 35.0 Å². The van der Waals surface area contributed by atoms with Crippen molar-refractivity contribution in [2.24, 2.45) is 0 Å². The lowest BCUT2D eigenvalue weighted by molar-refractivity contribution is 0.0937. The maximum Gasteiger partial charge on any atom is 0.251 e. The van der Waals surface area contributed by atoms with Crippen LogP contribution in [-0.2, 0) is 6.54 Å². The summed E-state index contributed by atoms with van der Waals surface area (Å²) in [6.07, 6.45) is 0. The van der Waals surface area contributed by atoms with Gasteiger partial charge in [-0.2, -0.15) is 0 Å². The lowest BCUT2D eigenvalue weighted by Gasteiger charge is -2.17. The molecule has 1 heterocycles. The van der Waals surface area contributed by atoms with Gasteiger partial charge in [0.05, 0.1) is 30.7 Å². The van der Waals surface area contributed by atoms with Gasteiger partial charge in [0, 0.05) is 5.56 Å². The number of imidazole rings is 1. The van der Waals surface area contributed by atoms with Crippen LogP contribution in [0.5, 0.6) is 11.5 Å². The lowest BCUT2D eigenvalue weighted by Crippen LogP contribution is -2.29. The zero-order chi connectivity index (χ0) is 23.4. The standard InChI is InChI=1S/C27H29N3O3/c1-18-9-10-19(2)25(17-18)33-16-15-30-24-8-6-5-7-23(24)29-26(30)20(3)28-27(31)21-11-13-22(32-4)14-12-21/h5-14,17,20H,15-16H2,1-4H3,(H,28,31). The van der Waals surface area contributed by atoms with E-state index in [1.54, 1.807) is 31.4 Å². The Kier molecular flexibility index (Phi) is 6.63. The largest absolute Gasteiger partial charge is 0.497 e. The van der Waals surface area contributed by atoms with Gasteiger partial charge in [-0.25, -0.2) is 4.98 Å². The number of nitrogens with one attached hydrogen (secondary N) is 1. The highest BCUT2D eigenvalue weighted by atomic mass is 16.5. The highest BCUT2D eigenvalue weighted by Crippen LogP contribution is 2.23. The number of carbonyl (C=O) groups excluding carboxylic acids is 1. The van der Waals surface area contributed by atoms with Gasteiger partial charge in [-0.3, -0.25) is 4.79 Å². The minimum absolute atomic E-state index is 0.157. The van der Waals surface area contributed by atoms with Crippen LogP contribution in [-0.4, -0.2) is 29.2 Å². The highest BCUT2D eigenvalue weighted by molar-refractivity contribution is 5.94.